The van der Waals surface area contributed by atoms with Crippen molar-refractivity contribution < 1.29 is 24.4 Å². The van der Waals surface area contributed by atoms with Crippen molar-refractivity contribution in [2.45, 2.75) is 0 Å². The van der Waals surface area contributed by atoms with Gasteiger partial charge in [0.1, 0.15) is 5.57 Å². The standard InChI is InChI=1S/C13H10ClN3O6/c1-15-11(19)8(12(20)16(2)13(15)21)4-6-3-7(14)5-9(10(6)18)17(22)23/h3-5,18H,1-2H3/p-1. The molecule has 0 radical (unpaired) electrons. The fourth-order valence-electron chi connectivity index (χ4n) is 1.97. The molecule has 1 heterocycles. The minimum atomic E-state index is -0.991. The van der Waals surface area contributed by atoms with Gasteiger partial charge < -0.3 is 5.11 Å². The second-order valence-corrected chi connectivity index (χ2v) is 5.11. The summed E-state index contributed by atoms with van der Waals surface area (Å²) in [7, 11) is 2.33. The maximum Gasteiger partial charge on any atom is 0.333 e. The number of nitro groups is 1. The first-order valence-electron chi connectivity index (χ1n) is 6.12. The smallest absolute Gasteiger partial charge is 0.333 e. The Morgan fingerprint density at radius 2 is 1.65 bits per heavy atom. The van der Waals surface area contributed by atoms with Crippen LogP contribution in [0, 0.1) is 10.1 Å². The average molecular weight is 339 g/mol. The van der Waals surface area contributed by atoms with Crippen LogP contribution >= 0.6 is 11.6 Å². The minimum Gasteiger partial charge on any atom is -0.867 e. The van der Waals surface area contributed by atoms with Gasteiger partial charge in [-0.15, -0.1) is 0 Å². The average Bonchev–Trinajstić information content (AvgIpc) is 2.50. The second-order valence-electron chi connectivity index (χ2n) is 4.67. The molecule has 1 aliphatic heterocycles. The number of benzene rings is 1. The molecule has 0 aromatic heterocycles. The van der Waals surface area contributed by atoms with Crippen molar-refractivity contribution in [2.75, 3.05) is 14.1 Å². The van der Waals surface area contributed by atoms with E-state index in [1.807, 2.05) is 0 Å². The molecule has 120 valence electrons. The summed E-state index contributed by atoms with van der Waals surface area (Å²) in [6.45, 7) is 0. The van der Waals surface area contributed by atoms with E-state index < -0.39 is 39.8 Å². The molecule has 0 unspecified atom stereocenters. The largest absolute Gasteiger partial charge is 0.867 e. The molecule has 1 aromatic rings. The van der Waals surface area contributed by atoms with Gasteiger partial charge in [-0.2, -0.15) is 0 Å². The van der Waals surface area contributed by atoms with E-state index in [2.05, 4.69) is 0 Å². The molecule has 9 nitrogen and oxygen atoms in total. The zero-order valence-corrected chi connectivity index (χ0v) is 12.7. The summed E-state index contributed by atoms with van der Waals surface area (Å²) in [5.41, 5.74) is -1.54. The van der Waals surface area contributed by atoms with Crippen molar-refractivity contribution in [2.24, 2.45) is 0 Å². The summed E-state index contributed by atoms with van der Waals surface area (Å²) in [4.78, 5) is 47.0. The highest BCUT2D eigenvalue weighted by molar-refractivity contribution is 6.32. The van der Waals surface area contributed by atoms with Crippen molar-refractivity contribution in [3.63, 3.8) is 0 Å². The van der Waals surface area contributed by atoms with E-state index in [1.165, 1.54) is 14.1 Å². The molecule has 1 fully saturated rings. The van der Waals surface area contributed by atoms with Gasteiger partial charge in [0, 0.05) is 25.2 Å². The quantitative estimate of drug-likeness (QED) is 0.339. The Labute approximate surface area is 134 Å². The van der Waals surface area contributed by atoms with Gasteiger partial charge in [0.15, 0.2) is 0 Å². The van der Waals surface area contributed by atoms with Gasteiger partial charge in [-0.1, -0.05) is 11.6 Å². The van der Waals surface area contributed by atoms with Gasteiger partial charge in [-0.25, -0.2) is 4.79 Å². The van der Waals surface area contributed by atoms with Gasteiger partial charge >= 0.3 is 6.03 Å². The molecule has 1 aromatic carbocycles. The number of rotatable bonds is 2. The van der Waals surface area contributed by atoms with Gasteiger partial charge in [0.05, 0.1) is 4.92 Å². The summed E-state index contributed by atoms with van der Waals surface area (Å²) in [5.74, 6) is -2.82. The van der Waals surface area contributed by atoms with E-state index in [-0.39, 0.29) is 10.6 Å². The molecule has 2 rings (SSSR count). The number of hydrogen-bond acceptors (Lipinski definition) is 6. The Bertz CT molecular complexity index is 762. The summed E-state index contributed by atoms with van der Waals surface area (Å²) in [6, 6.07) is 1.15. The highest BCUT2D eigenvalue weighted by Gasteiger charge is 2.37. The van der Waals surface area contributed by atoms with Crippen molar-refractivity contribution in [3.05, 3.63) is 38.4 Å². The number of amides is 4. The van der Waals surface area contributed by atoms with Gasteiger partial charge in [0.25, 0.3) is 17.5 Å². The van der Waals surface area contributed by atoms with E-state index in [0.717, 1.165) is 18.2 Å². The van der Waals surface area contributed by atoms with E-state index in [0.29, 0.717) is 9.80 Å². The number of carbonyl (C=O) groups excluding carboxylic acids is 3. The molecule has 0 saturated carbocycles. The Balaban J connectivity index is 2.62. The molecule has 23 heavy (non-hydrogen) atoms. The first-order chi connectivity index (χ1) is 10.6. The molecular weight excluding hydrogens is 330 g/mol. The van der Waals surface area contributed by atoms with Crippen LogP contribution in [-0.2, 0) is 9.59 Å². The van der Waals surface area contributed by atoms with Crippen LogP contribution in [0.2, 0.25) is 5.02 Å². The summed E-state index contributed by atoms with van der Waals surface area (Å²) >= 11 is 5.72. The lowest BCUT2D eigenvalue weighted by Crippen LogP contribution is -2.52. The van der Waals surface area contributed by atoms with Gasteiger partial charge in [-0.05, 0) is 23.5 Å². The molecule has 0 atom stereocenters. The number of carbonyl (C=O) groups is 3. The van der Waals surface area contributed by atoms with Crippen molar-refractivity contribution in [3.8, 4) is 5.75 Å². The Morgan fingerprint density at radius 3 is 2.13 bits per heavy atom. The summed E-state index contributed by atoms with van der Waals surface area (Å²) < 4.78 is 0. The predicted molar refractivity (Wildman–Crippen MR) is 76.5 cm³/mol. The van der Waals surface area contributed by atoms with Crippen molar-refractivity contribution >= 4 is 41.2 Å². The zero-order valence-electron chi connectivity index (χ0n) is 11.9. The van der Waals surface area contributed by atoms with Crippen LogP contribution in [-0.4, -0.2) is 46.7 Å². The number of imide groups is 2. The van der Waals surface area contributed by atoms with Gasteiger partial charge in [0.2, 0.25) is 0 Å². The third-order valence-electron chi connectivity index (χ3n) is 3.20. The number of halogens is 1. The fourth-order valence-corrected chi connectivity index (χ4v) is 2.19. The first-order valence-corrected chi connectivity index (χ1v) is 6.49. The molecule has 0 bridgehead atoms. The van der Waals surface area contributed by atoms with E-state index in [4.69, 9.17) is 11.6 Å². The SMILES string of the molecule is CN1C(=O)C(=Cc2cc(Cl)cc([N+](=O)[O-])c2[O-])C(=O)N(C)C1=O. The maximum absolute atomic E-state index is 12.0. The minimum absolute atomic E-state index is 0.100. The third kappa shape index (κ3) is 2.73. The van der Waals surface area contributed by atoms with Crippen molar-refractivity contribution in [1.82, 2.24) is 9.80 Å². The number of nitrogens with zero attached hydrogens (tertiary/aromatic N) is 3. The maximum atomic E-state index is 12.0. The highest BCUT2D eigenvalue weighted by atomic mass is 35.5. The van der Waals surface area contributed by atoms with E-state index in [9.17, 15) is 29.6 Å². The van der Waals surface area contributed by atoms with Crippen LogP contribution in [0.3, 0.4) is 0 Å². The molecule has 1 aliphatic rings. The monoisotopic (exact) mass is 338 g/mol. The van der Waals surface area contributed by atoms with Crippen LogP contribution in [0.1, 0.15) is 5.56 Å². The number of urea groups is 1. The second kappa shape index (κ2) is 5.69. The molecule has 0 spiro atoms. The first kappa shape index (κ1) is 16.4. The number of hydrogen-bond donors (Lipinski definition) is 0. The van der Waals surface area contributed by atoms with E-state index in [1.54, 1.807) is 0 Å². The number of barbiturate groups is 1. The highest BCUT2D eigenvalue weighted by Crippen LogP contribution is 2.33. The number of nitro benzene ring substituents is 1. The zero-order chi connectivity index (χ0) is 17.5. The third-order valence-corrected chi connectivity index (χ3v) is 3.42. The lowest BCUT2D eigenvalue weighted by Gasteiger charge is -2.29. The Morgan fingerprint density at radius 1 is 1.13 bits per heavy atom. The van der Waals surface area contributed by atoms with E-state index >= 15 is 0 Å². The fraction of sp³-hybridized carbons (Fsp3) is 0.154. The van der Waals surface area contributed by atoms with Crippen molar-refractivity contribution in [1.29, 1.82) is 0 Å². The Kier molecular flexibility index (Phi) is 4.06. The van der Waals surface area contributed by atoms with Crippen LogP contribution in [0.4, 0.5) is 10.5 Å². The lowest BCUT2D eigenvalue weighted by molar-refractivity contribution is -0.398. The van der Waals surface area contributed by atoms with Crippen LogP contribution in [0.15, 0.2) is 17.7 Å². The number of likely N-dealkylation sites (N-methyl/N-ethyl adjacent to an activating group) is 2. The normalized spacial score (nSPS) is 15.3. The lowest BCUT2D eigenvalue weighted by atomic mass is 10.1. The predicted octanol–water partition coefficient (Wildman–Crippen LogP) is 0.756. The molecule has 0 N–H and O–H groups in total. The molecule has 1 saturated heterocycles. The van der Waals surface area contributed by atoms with Gasteiger partial charge in [-0.3, -0.25) is 29.5 Å². The summed E-state index contributed by atoms with van der Waals surface area (Å²) in [5, 5.41) is 22.7. The molecular formula is C13H9ClN3O6-. The molecule has 4 amide bonds. The van der Waals surface area contributed by atoms with Crippen LogP contribution in [0.5, 0.6) is 5.75 Å². The summed E-state index contributed by atoms with van der Waals surface area (Å²) in [6.07, 6.45) is 0.894. The van der Waals surface area contributed by atoms with Crippen LogP contribution < -0.4 is 5.11 Å². The Hall–Kier alpha value is -2.94. The molecule has 0 aliphatic carbocycles. The molecule has 10 heteroatoms. The topological polar surface area (TPSA) is 124 Å². The van der Waals surface area contributed by atoms with Crippen LogP contribution in [0.25, 0.3) is 6.08 Å².